The molecule has 0 aliphatic heterocycles. The van der Waals surface area contributed by atoms with E-state index < -0.39 is 24.0 Å². The van der Waals surface area contributed by atoms with Crippen LogP contribution in [-0.4, -0.2) is 43.0 Å². The first-order valence-electron chi connectivity index (χ1n) is 10.9. The van der Waals surface area contributed by atoms with Crippen LogP contribution >= 0.6 is 0 Å². The fourth-order valence-corrected chi connectivity index (χ4v) is 4.04. The van der Waals surface area contributed by atoms with Crippen LogP contribution < -0.4 is 16.4 Å². The Hall–Kier alpha value is -2.41. The Morgan fingerprint density at radius 2 is 1.77 bits per heavy atom. The zero-order valence-electron chi connectivity index (χ0n) is 18.1. The lowest BCUT2D eigenvalue weighted by Crippen LogP contribution is -2.52. The molecular weight excluding hydrogens is 382 g/mol. The summed E-state index contributed by atoms with van der Waals surface area (Å²) in [4.78, 5) is 37.6. The Labute approximate surface area is 179 Å². The van der Waals surface area contributed by atoms with Crippen molar-refractivity contribution in [3.63, 3.8) is 0 Å². The third-order valence-electron chi connectivity index (χ3n) is 5.82. The number of nitrogens with two attached hydrogens (primary N) is 1. The quantitative estimate of drug-likeness (QED) is 0.505. The average molecular weight is 418 g/mol. The van der Waals surface area contributed by atoms with Gasteiger partial charge in [0.05, 0.1) is 6.61 Å². The summed E-state index contributed by atoms with van der Waals surface area (Å²) in [6, 6.07) is 7.85. The minimum absolute atomic E-state index is 0.167. The van der Waals surface area contributed by atoms with E-state index >= 15 is 0 Å². The van der Waals surface area contributed by atoms with Crippen LogP contribution in [0.2, 0.25) is 0 Å². The smallest absolute Gasteiger partial charge is 0.328 e. The Morgan fingerprint density at radius 1 is 1.10 bits per heavy atom. The number of nitrogens with one attached hydrogen (secondary N) is 2. The fourth-order valence-electron chi connectivity index (χ4n) is 4.04. The molecule has 1 saturated carbocycles. The van der Waals surface area contributed by atoms with Gasteiger partial charge in [0.2, 0.25) is 11.8 Å². The molecule has 7 heteroatoms. The van der Waals surface area contributed by atoms with E-state index in [1.165, 1.54) is 6.42 Å². The predicted octanol–water partition coefficient (Wildman–Crippen LogP) is 2.08. The van der Waals surface area contributed by atoms with E-state index in [1.807, 2.05) is 30.3 Å². The molecular formula is C23H35N3O4. The first kappa shape index (κ1) is 23.9. The van der Waals surface area contributed by atoms with Crippen molar-refractivity contribution in [3.8, 4) is 0 Å². The van der Waals surface area contributed by atoms with E-state index in [4.69, 9.17) is 10.5 Å². The summed E-state index contributed by atoms with van der Waals surface area (Å²) in [5.41, 5.74) is 6.71. The predicted molar refractivity (Wildman–Crippen MR) is 116 cm³/mol. The number of rotatable bonds is 10. The van der Waals surface area contributed by atoms with Crippen LogP contribution in [0.3, 0.4) is 0 Å². The average Bonchev–Trinajstić information content (AvgIpc) is 2.74. The number of hydrogen-bond donors (Lipinski definition) is 3. The normalized spacial score (nSPS) is 17.4. The highest BCUT2D eigenvalue weighted by Gasteiger charge is 2.34. The summed E-state index contributed by atoms with van der Waals surface area (Å²) >= 11 is 0. The van der Waals surface area contributed by atoms with Crippen molar-refractivity contribution in [2.45, 2.75) is 70.9 Å². The molecule has 2 rings (SSSR count). The van der Waals surface area contributed by atoms with Crippen molar-refractivity contribution in [1.82, 2.24) is 10.6 Å². The Kier molecular flexibility index (Phi) is 9.30. The highest BCUT2D eigenvalue weighted by atomic mass is 16.5. The van der Waals surface area contributed by atoms with Crippen LogP contribution in [-0.2, 0) is 25.5 Å². The molecule has 1 aromatic rings. The summed E-state index contributed by atoms with van der Waals surface area (Å²) in [6.45, 7) is 4.05. The molecule has 2 atom stereocenters. The van der Waals surface area contributed by atoms with Crippen LogP contribution in [0.15, 0.2) is 30.3 Å². The van der Waals surface area contributed by atoms with Gasteiger partial charge in [-0.05, 0) is 44.2 Å². The third kappa shape index (κ3) is 7.13. The van der Waals surface area contributed by atoms with Crippen molar-refractivity contribution >= 4 is 17.8 Å². The maximum absolute atomic E-state index is 12.7. The number of hydrogen-bond acceptors (Lipinski definition) is 5. The number of carbonyl (C=O) groups is 3. The van der Waals surface area contributed by atoms with Gasteiger partial charge in [-0.1, -0.05) is 49.6 Å². The number of esters is 1. The van der Waals surface area contributed by atoms with Gasteiger partial charge in [-0.3, -0.25) is 9.59 Å². The lowest BCUT2D eigenvalue weighted by molar-refractivity contribution is -0.147. The highest BCUT2D eigenvalue weighted by Crippen LogP contribution is 2.38. The number of carbonyl (C=O) groups excluding carboxylic acids is 3. The summed E-state index contributed by atoms with van der Waals surface area (Å²) in [6.07, 6.45) is 5.88. The van der Waals surface area contributed by atoms with Crippen LogP contribution in [0, 0.1) is 5.41 Å². The van der Waals surface area contributed by atoms with Gasteiger partial charge in [-0.25, -0.2) is 4.79 Å². The summed E-state index contributed by atoms with van der Waals surface area (Å²) < 4.78 is 5.11. The van der Waals surface area contributed by atoms with E-state index in [9.17, 15) is 14.4 Å². The van der Waals surface area contributed by atoms with Crippen LogP contribution in [0.1, 0.15) is 57.9 Å². The zero-order chi connectivity index (χ0) is 22.0. The lowest BCUT2D eigenvalue weighted by atomic mass is 9.71. The molecule has 166 valence electrons. The molecule has 1 aliphatic carbocycles. The second kappa shape index (κ2) is 11.7. The molecule has 0 aromatic heterocycles. The van der Waals surface area contributed by atoms with Crippen molar-refractivity contribution in [1.29, 1.82) is 0 Å². The molecule has 0 radical (unpaired) electrons. The molecule has 0 spiro atoms. The second-order valence-electron chi connectivity index (χ2n) is 8.23. The van der Waals surface area contributed by atoms with Crippen molar-refractivity contribution < 1.29 is 19.1 Å². The van der Waals surface area contributed by atoms with Crippen molar-refractivity contribution in [2.75, 3.05) is 13.2 Å². The Bertz CT molecular complexity index is 702. The minimum atomic E-state index is -0.812. The molecule has 4 N–H and O–H groups in total. The van der Waals surface area contributed by atoms with Gasteiger partial charge in [0.1, 0.15) is 12.1 Å². The highest BCUT2D eigenvalue weighted by molar-refractivity contribution is 5.90. The SMILES string of the molecule is CCOC(=O)C(Cc1ccccc1)NC(=O)C(C)NC(=O)CC1(CN)CCCCC1. The minimum Gasteiger partial charge on any atom is -0.464 e. The molecule has 30 heavy (non-hydrogen) atoms. The number of benzene rings is 1. The summed E-state index contributed by atoms with van der Waals surface area (Å²) in [5, 5.41) is 5.50. The first-order chi connectivity index (χ1) is 14.4. The van der Waals surface area contributed by atoms with E-state index in [-0.39, 0.29) is 17.9 Å². The number of amides is 2. The standard InChI is InChI=1S/C23H35N3O4/c1-3-30-22(29)19(14-18-10-6-4-7-11-18)26-21(28)17(2)25-20(27)15-23(16-24)12-8-5-9-13-23/h4,6-7,10-11,17,19H,3,5,8-9,12-16,24H2,1-2H3,(H,25,27)(H,26,28). The van der Waals surface area contributed by atoms with E-state index in [1.54, 1.807) is 13.8 Å². The maximum Gasteiger partial charge on any atom is 0.328 e. The van der Waals surface area contributed by atoms with Gasteiger partial charge in [0.15, 0.2) is 0 Å². The summed E-state index contributed by atoms with van der Waals surface area (Å²) in [7, 11) is 0. The molecule has 2 unspecified atom stereocenters. The van der Waals surface area contributed by atoms with Crippen molar-refractivity contribution in [3.05, 3.63) is 35.9 Å². The molecule has 7 nitrogen and oxygen atoms in total. The van der Waals surface area contributed by atoms with Crippen molar-refractivity contribution in [2.24, 2.45) is 11.1 Å². The van der Waals surface area contributed by atoms with E-state index in [2.05, 4.69) is 10.6 Å². The zero-order valence-corrected chi connectivity index (χ0v) is 18.1. The molecule has 0 bridgehead atoms. The largest absolute Gasteiger partial charge is 0.464 e. The van der Waals surface area contributed by atoms with Gasteiger partial charge in [-0.2, -0.15) is 0 Å². The molecule has 0 saturated heterocycles. The molecule has 1 fully saturated rings. The lowest BCUT2D eigenvalue weighted by Gasteiger charge is -2.36. The number of ether oxygens (including phenoxy) is 1. The molecule has 0 heterocycles. The second-order valence-corrected chi connectivity index (χ2v) is 8.23. The van der Waals surface area contributed by atoms with E-state index in [0.717, 1.165) is 31.2 Å². The monoisotopic (exact) mass is 417 g/mol. The molecule has 2 amide bonds. The van der Waals surface area contributed by atoms with Crippen LogP contribution in [0.5, 0.6) is 0 Å². The van der Waals surface area contributed by atoms with Gasteiger partial charge < -0.3 is 21.1 Å². The topological polar surface area (TPSA) is 111 Å². The maximum atomic E-state index is 12.7. The van der Waals surface area contributed by atoms with Crippen LogP contribution in [0.25, 0.3) is 0 Å². The van der Waals surface area contributed by atoms with Gasteiger partial charge in [-0.15, -0.1) is 0 Å². The molecule has 1 aliphatic rings. The van der Waals surface area contributed by atoms with E-state index in [0.29, 0.717) is 19.4 Å². The van der Waals surface area contributed by atoms with Gasteiger partial charge in [0.25, 0.3) is 0 Å². The first-order valence-corrected chi connectivity index (χ1v) is 10.9. The Morgan fingerprint density at radius 3 is 2.37 bits per heavy atom. The van der Waals surface area contributed by atoms with Gasteiger partial charge in [0, 0.05) is 12.8 Å². The Balaban J connectivity index is 1.94. The van der Waals surface area contributed by atoms with Crippen LogP contribution in [0.4, 0.5) is 0 Å². The summed E-state index contributed by atoms with van der Waals surface area (Å²) in [5.74, 6) is -1.08. The van der Waals surface area contributed by atoms with Gasteiger partial charge >= 0.3 is 5.97 Å². The molecule has 1 aromatic carbocycles. The third-order valence-corrected chi connectivity index (χ3v) is 5.82. The fraction of sp³-hybridized carbons (Fsp3) is 0.609.